The molecular weight excluding hydrogens is 997 g/mol. The summed E-state index contributed by atoms with van der Waals surface area (Å²) in [5.74, 6) is -0.959. The molecule has 0 rings (SSSR count). The minimum Gasteiger partial charge on any atom is -0.462 e. The number of rotatable bonds is 60. The largest absolute Gasteiger partial charge is 0.462 e. The van der Waals surface area contributed by atoms with Gasteiger partial charge >= 0.3 is 17.9 Å². The van der Waals surface area contributed by atoms with Gasteiger partial charge in [0.1, 0.15) is 13.2 Å². The van der Waals surface area contributed by atoms with Crippen molar-refractivity contribution in [1.82, 2.24) is 0 Å². The lowest BCUT2D eigenvalue weighted by molar-refractivity contribution is -0.167. The van der Waals surface area contributed by atoms with Crippen LogP contribution in [0.15, 0.2) is 134 Å². The number of hydrogen-bond acceptors (Lipinski definition) is 6. The van der Waals surface area contributed by atoms with Gasteiger partial charge in [-0.1, -0.05) is 302 Å². The van der Waals surface area contributed by atoms with Gasteiger partial charge in [-0.05, 0) is 116 Å². The molecular formula is C75H124O6. The fourth-order valence-corrected chi connectivity index (χ4v) is 9.12. The maximum atomic E-state index is 12.9. The van der Waals surface area contributed by atoms with Crippen molar-refractivity contribution in [1.29, 1.82) is 0 Å². The number of esters is 3. The van der Waals surface area contributed by atoms with Gasteiger partial charge in [-0.3, -0.25) is 14.4 Å². The van der Waals surface area contributed by atoms with Crippen molar-refractivity contribution < 1.29 is 28.6 Å². The molecule has 0 aromatic carbocycles. The molecule has 0 saturated carbocycles. The Morgan fingerprint density at radius 3 is 0.802 bits per heavy atom. The van der Waals surface area contributed by atoms with Crippen molar-refractivity contribution in [2.24, 2.45) is 0 Å². The average Bonchev–Trinajstić information content (AvgIpc) is 3.46. The normalized spacial score (nSPS) is 13.0. The number of carbonyl (C=O) groups excluding carboxylic acids is 3. The molecule has 460 valence electrons. The van der Waals surface area contributed by atoms with Crippen LogP contribution in [-0.4, -0.2) is 37.2 Å². The molecule has 0 radical (unpaired) electrons. The Balaban J connectivity index is 4.44. The topological polar surface area (TPSA) is 78.9 Å². The van der Waals surface area contributed by atoms with Crippen LogP contribution in [0.2, 0.25) is 0 Å². The van der Waals surface area contributed by atoms with E-state index in [9.17, 15) is 14.4 Å². The van der Waals surface area contributed by atoms with E-state index in [0.29, 0.717) is 19.3 Å². The summed E-state index contributed by atoms with van der Waals surface area (Å²) in [5, 5.41) is 0. The third-order valence-electron chi connectivity index (χ3n) is 14.1. The number of carbonyl (C=O) groups is 3. The molecule has 0 amide bonds. The molecule has 0 aromatic rings. The Kier molecular flexibility index (Phi) is 64.3. The van der Waals surface area contributed by atoms with Gasteiger partial charge in [-0.2, -0.15) is 0 Å². The van der Waals surface area contributed by atoms with Gasteiger partial charge in [0.05, 0.1) is 0 Å². The smallest absolute Gasteiger partial charge is 0.306 e. The maximum absolute atomic E-state index is 12.9. The van der Waals surface area contributed by atoms with E-state index in [0.717, 1.165) is 109 Å². The first-order valence-corrected chi connectivity index (χ1v) is 33.7. The maximum Gasteiger partial charge on any atom is 0.306 e. The Morgan fingerprint density at radius 1 is 0.259 bits per heavy atom. The zero-order valence-electron chi connectivity index (χ0n) is 52.8. The lowest BCUT2D eigenvalue weighted by atomic mass is 10.0. The van der Waals surface area contributed by atoms with Crippen molar-refractivity contribution in [3.63, 3.8) is 0 Å². The highest BCUT2D eigenvalue weighted by atomic mass is 16.6. The van der Waals surface area contributed by atoms with Crippen LogP contribution < -0.4 is 0 Å². The molecule has 6 nitrogen and oxygen atoms in total. The molecule has 1 atom stereocenters. The summed E-state index contributed by atoms with van der Waals surface area (Å²) < 4.78 is 16.9. The quantitative estimate of drug-likeness (QED) is 0.0261. The Bertz CT molecular complexity index is 1720. The standard InChI is InChI=1S/C75H124O6/c1-4-7-10-13-16-19-22-25-27-29-31-33-34-35-36-37-38-39-40-42-43-45-47-50-53-56-59-62-65-68-74(77)80-71-72(70-79-73(76)67-64-61-58-55-52-49-24-21-18-15-12-9-6-3)81-75(78)69-66-63-60-57-54-51-48-46-44-41-32-30-28-26-23-20-17-14-11-8-5-2/h7,10,16,19,23,25-27,30-33,35-36,38-39,42-43,47,50,56,59,72H,4-6,8-9,11-15,17-18,20-22,24,28-29,34,37,40-41,44-46,48-49,51-55,57-58,60-71H2,1-3H3/b10-7-,19-16-,26-23-,27-25-,32-30-,33-31-,36-35-,39-38-,43-42-,50-47-,59-56-. The first-order valence-electron chi connectivity index (χ1n) is 33.7. The molecule has 0 heterocycles. The minimum absolute atomic E-state index is 0.0985. The van der Waals surface area contributed by atoms with Crippen LogP contribution in [0, 0.1) is 0 Å². The van der Waals surface area contributed by atoms with Crippen molar-refractivity contribution in [3.8, 4) is 0 Å². The number of unbranched alkanes of at least 4 members (excludes halogenated alkanes) is 27. The molecule has 81 heavy (non-hydrogen) atoms. The van der Waals surface area contributed by atoms with Crippen molar-refractivity contribution in [2.75, 3.05) is 13.2 Å². The van der Waals surface area contributed by atoms with E-state index >= 15 is 0 Å². The van der Waals surface area contributed by atoms with Crippen molar-refractivity contribution >= 4 is 17.9 Å². The van der Waals surface area contributed by atoms with Crippen LogP contribution in [0.25, 0.3) is 0 Å². The highest BCUT2D eigenvalue weighted by Gasteiger charge is 2.19. The summed E-state index contributed by atoms with van der Waals surface area (Å²) in [6, 6.07) is 0. The van der Waals surface area contributed by atoms with E-state index < -0.39 is 6.10 Å². The lowest BCUT2D eigenvalue weighted by Crippen LogP contribution is -2.30. The molecule has 0 aromatic heterocycles. The summed E-state index contributed by atoms with van der Waals surface area (Å²) >= 11 is 0. The summed E-state index contributed by atoms with van der Waals surface area (Å²) in [6.45, 7) is 6.48. The zero-order chi connectivity index (χ0) is 58.5. The number of hydrogen-bond donors (Lipinski definition) is 0. The SMILES string of the molecule is CC/C=C\C/C=C\C/C=C\C/C=C\C/C=C\C/C=C\C/C=C\C/C=C\C/C=C\CCCC(=O)OCC(COC(=O)CCCCCCCCCCCCCCC)OC(=O)CCCCCCCCCCC/C=C\C/C=C\CCCCCCC. The number of ether oxygens (including phenoxy) is 3. The molecule has 0 spiro atoms. The molecule has 0 aliphatic heterocycles. The summed E-state index contributed by atoms with van der Waals surface area (Å²) in [6.07, 6.45) is 96.1. The molecule has 0 fully saturated rings. The van der Waals surface area contributed by atoms with E-state index in [1.807, 2.05) is 0 Å². The average molecular weight is 1120 g/mol. The van der Waals surface area contributed by atoms with Crippen LogP contribution in [0.1, 0.15) is 303 Å². The Morgan fingerprint density at radius 2 is 0.494 bits per heavy atom. The number of allylic oxidation sites excluding steroid dienone is 22. The van der Waals surface area contributed by atoms with Crippen LogP contribution in [0.4, 0.5) is 0 Å². The van der Waals surface area contributed by atoms with Gasteiger partial charge < -0.3 is 14.2 Å². The highest BCUT2D eigenvalue weighted by Crippen LogP contribution is 2.16. The molecule has 0 N–H and O–H groups in total. The predicted molar refractivity (Wildman–Crippen MR) is 353 cm³/mol. The molecule has 0 aliphatic rings. The second kappa shape index (κ2) is 68.1. The van der Waals surface area contributed by atoms with Crippen LogP contribution >= 0.6 is 0 Å². The molecule has 1 unspecified atom stereocenters. The zero-order valence-corrected chi connectivity index (χ0v) is 52.8. The first kappa shape index (κ1) is 76.5. The van der Waals surface area contributed by atoms with Gasteiger partial charge in [-0.25, -0.2) is 0 Å². The van der Waals surface area contributed by atoms with Gasteiger partial charge in [-0.15, -0.1) is 0 Å². The van der Waals surface area contributed by atoms with Gasteiger partial charge in [0.15, 0.2) is 6.10 Å². The van der Waals surface area contributed by atoms with E-state index in [1.165, 1.54) is 148 Å². The van der Waals surface area contributed by atoms with Gasteiger partial charge in [0.2, 0.25) is 0 Å². The first-order chi connectivity index (χ1) is 40.0. The van der Waals surface area contributed by atoms with Crippen LogP contribution in [0.5, 0.6) is 0 Å². The molecule has 0 saturated heterocycles. The van der Waals surface area contributed by atoms with Crippen LogP contribution in [-0.2, 0) is 28.6 Å². The monoisotopic (exact) mass is 1120 g/mol. The van der Waals surface area contributed by atoms with E-state index in [4.69, 9.17) is 14.2 Å². The van der Waals surface area contributed by atoms with E-state index in [-0.39, 0.29) is 37.5 Å². The second-order valence-corrected chi connectivity index (χ2v) is 22.0. The van der Waals surface area contributed by atoms with Crippen molar-refractivity contribution in [2.45, 2.75) is 309 Å². The predicted octanol–water partition coefficient (Wildman–Crippen LogP) is 23.3. The Hall–Kier alpha value is -4.45. The van der Waals surface area contributed by atoms with E-state index in [1.54, 1.807) is 0 Å². The summed E-state index contributed by atoms with van der Waals surface area (Å²) in [4.78, 5) is 38.3. The molecule has 6 heteroatoms. The third kappa shape index (κ3) is 66.2. The van der Waals surface area contributed by atoms with Crippen molar-refractivity contribution in [3.05, 3.63) is 134 Å². The van der Waals surface area contributed by atoms with Crippen LogP contribution in [0.3, 0.4) is 0 Å². The molecule has 0 bridgehead atoms. The fourth-order valence-electron chi connectivity index (χ4n) is 9.12. The Labute approximate surface area is 500 Å². The van der Waals surface area contributed by atoms with Gasteiger partial charge in [0.25, 0.3) is 0 Å². The summed E-state index contributed by atoms with van der Waals surface area (Å²) in [7, 11) is 0. The highest BCUT2D eigenvalue weighted by molar-refractivity contribution is 5.71. The fraction of sp³-hybridized carbons (Fsp3) is 0.667. The third-order valence-corrected chi connectivity index (χ3v) is 14.1. The minimum atomic E-state index is -0.808. The molecule has 0 aliphatic carbocycles. The van der Waals surface area contributed by atoms with Gasteiger partial charge in [0, 0.05) is 19.3 Å². The lowest BCUT2D eigenvalue weighted by Gasteiger charge is -2.18. The van der Waals surface area contributed by atoms with E-state index in [2.05, 4.69) is 154 Å². The second-order valence-electron chi connectivity index (χ2n) is 22.0. The summed E-state index contributed by atoms with van der Waals surface area (Å²) in [5.41, 5.74) is 0.